The molecule has 1 aliphatic heterocycles. The Morgan fingerprint density at radius 3 is 1.98 bits per heavy atom. The van der Waals surface area contributed by atoms with Gasteiger partial charge in [0.1, 0.15) is 6.23 Å². The van der Waals surface area contributed by atoms with Gasteiger partial charge in [0.25, 0.3) is 8.32 Å². The number of sulfonamides is 1. The Bertz CT molecular complexity index is 1440. The summed E-state index contributed by atoms with van der Waals surface area (Å²) in [5.74, 6) is -0.514. The van der Waals surface area contributed by atoms with Crippen molar-refractivity contribution in [2.45, 2.75) is 68.5 Å². The van der Waals surface area contributed by atoms with Gasteiger partial charge in [0.15, 0.2) is 0 Å². The molecule has 1 heterocycles. The molecule has 1 saturated heterocycles. The summed E-state index contributed by atoms with van der Waals surface area (Å²) in [7, 11) is -4.58. The van der Waals surface area contributed by atoms with Crippen LogP contribution in [0.15, 0.2) is 89.8 Å². The van der Waals surface area contributed by atoms with Crippen molar-refractivity contribution < 1.29 is 32.2 Å². The van der Waals surface area contributed by atoms with Crippen molar-refractivity contribution in [2.24, 2.45) is 0 Å². The number of rotatable bonds is 11. The fraction of sp³-hybridized carbons (Fsp3) is 0.424. The fourth-order valence-corrected chi connectivity index (χ4v) is 12.5. The van der Waals surface area contributed by atoms with E-state index in [9.17, 15) is 18.3 Å². The fourth-order valence-electron chi connectivity index (χ4n) is 6.11. The van der Waals surface area contributed by atoms with Crippen LogP contribution in [0.4, 0.5) is 0 Å². The molecular formula is C33H44N2O7SSi. The van der Waals surface area contributed by atoms with Gasteiger partial charge in [-0.05, 0) is 40.9 Å². The van der Waals surface area contributed by atoms with Crippen LogP contribution in [-0.4, -0.2) is 83.9 Å². The van der Waals surface area contributed by atoms with E-state index in [1.54, 1.807) is 24.3 Å². The molecule has 9 nitrogen and oxygen atoms in total. The molecule has 1 fully saturated rings. The summed E-state index contributed by atoms with van der Waals surface area (Å²) in [5.41, 5.74) is 0.912. The number of methoxy groups -OCH3 is 2. The lowest BCUT2D eigenvalue weighted by atomic mass is 9.96. The minimum atomic E-state index is -4.20. The van der Waals surface area contributed by atoms with E-state index in [0.717, 1.165) is 15.9 Å². The number of aliphatic hydroxyl groups excluding tert-OH is 1. The summed E-state index contributed by atoms with van der Waals surface area (Å²) >= 11 is 0. The maximum Gasteiger partial charge on any atom is 0.319 e. The van der Waals surface area contributed by atoms with Gasteiger partial charge in [0.05, 0.1) is 43.3 Å². The second kappa shape index (κ2) is 14.0. The Labute approximate surface area is 262 Å². The molecule has 0 spiro atoms. The number of aryl methyl sites for hydroxylation is 1. The molecule has 3 aromatic carbocycles. The molecule has 0 amide bonds. The first-order valence-corrected chi connectivity index (χ1v) is 18.1. The summed E-state index contributed by atoms with van der Waals surface area (Å²) < 4.78 is 47.7. The largest absolute Gasteiger partial charge is 0.468 e. The number of nitrogens with zero attached hydrogens (tertiary/aromatic N) is 1. The van der Waals surface area contributed by atoms with E-state index in [-0.39, 0.29) is 29.5 Å². The average Bonchev–Trinajstić information content (AvgIpc) is 3.01. The van der Waals surface area contributed by atoms with Crippen molar-refractivity contribution in [1.29, 1.82) is 0 Å². The third-order valence-corrected chi connectivity index (χ3v) is 15.2. The highest BCUT2D eigenvalue weighted by atomic mass is 32.2. The lowest BCUT2D eigenvalue weighted by Crippen LogP contribution is -2.70. The number of nitrogens with one attached hydrogen (secondary N) is 1. The second-order valence-corrected chi connectivity index (χ2v) is 18.3. The van der Waals surface area contributed by atoms with Crippen molar-refractivity contribution in [3.63, 3.8) is 0 Å². The van der Waals surface area contributed by atoms with Crippen LogP contribution in [0, 0.1) is 6.92 Å². The van der Waals surface area contributed by atoms with Gasteiger partial charge >= 0.3 is 5.97 Å². The van der Waals surface area contributed by atoms with Crippen LogP contribution in [0.5, 0.6) is 0 Å². The average molecular weight is 641 g/mol. The van der Waals surface area contributed by atoms with Crippen LogP contribution in [0.1, 0.15) is 32.8 Å². The lowest BCUT2D eigenvalue weighted by Gasteiger charge is -2.49. The van der Waals surface area contributed by atoms with Crippen LogP contribution in [-0.2, 0) is 28.7 Å². The van der Waals surface area contributed by atoms with Gasteiger partial charge in [0, 0.05) is 7.11 Å². The van der Waals surface area contributed by atoms with Crippen LogP contribution in [0.3, 0.4) is 0 Å². The van der Waals surface area contributed by atoms with Gasteiger partial charge in [-0.25, -0.2) is 8.42 Å². The molecule has 0 saturated carbocycles. The highest BCUT2D eigenvalue weighted by molar-refractivity contribution is 7.89. The van der Waals surface area contributed by atoms with E-state index in [4.69, 9.17) is 13.9 Å². The van der Waals surface area contributed by atoms with E-state index >= 15 is 0 Å². The highest BCUT2D eigenvalue weighted by Gasteiger charge is 2.54. The monoisotopic (exact) mass is 640 g/mol. The van der Waals surface area contributed by atoms with Crippen LogP contribution in [0.2, 0.25) is 5.04 Å². The van der Waals surface area contributed by atoms with Crippen molar-refractivity contribution in [3.8, 4) is 0 Å². The third kappa shape index (κ3) is 6.84. The smallest absolute Gasteiger partial charge is 0.319 e. The van der Waals surface area contributed by atoms with Crippen molar-refractivity contribution >= 4 is 34.7 Å². The molecule has 44 heavy (non-hydrogen) atoms. The van der Waals surface area contributed by atoms with Crippen LogP contribution >= 0.6 is 0 Å². The van der Waals surface area contributed by atoms with E-state index in [1.807, 2.05) is 43.3 Å². The van der Waals surface area contributed by atoms with Crippen LogP contribution in [0.25, 0.3) is 0 Å². The molecule has 3 aromatic rings. The van der Waals surface area contributed by atoms with Crippen LogP contribution < -0.4 is 15.7 Å². The zero-order chi connectivity index (χ0) is 32.1. The van der Waals surface area contributed by atoms with Gasteiger partial charge in [-0.2, -0.15) is 4.31 Å². The molecular weight excluding hydrogens is 597 g/mol. The molecule has 2 N–H and O–H groups in total. The zero-order valence-electron chi connectivity index (χ0n) is 26.3. The van der Waals surface area contributed by atoms with Gasteiger partial charge < -0.3 is 24.3 Å². The summed E-state index contributed by atoms with van der Waals surface area (Å²) in [6.45, 7) is 8.05. The molecule has 4 rings (SSSR count). The normalized spacial score (nSPS) is 21.6. The number of piperidine rings is 1. The van der Waals surface area contributed by atoms with E-state index in [0.29, 0.717) is 0 Å². The SMILES string of the molecule is COC(=O)CN[C@H]1C[C@H](O)[C@H](CO[Si](c2ccccc2)(c2ccccc2)C(C)(C)C)N(S(=O)(=O)c2ccc(C)cc2)[C@@H]1OC. The molecule has 0 radical (unpaired) electrons. The van der Waals surface area contributed by atoms with E-state index < -0.39 is 48.7 Å². The predicted octanol–water partition coefficient (Wildman–Crippen LogP) is 2.80. The Morgan fingerprint density at radius 1 is 0.955 bits per heavy atom. The number of hydrogen-bond donors (Lipinski definition) is 2. The Morgan fingerprint density at radius 2 is 1.50 bits per heavy atom. The third-order valence-electron chi connectivity index (χ3n) is 8.32. The first-order chi connectivity index (χ1) is 20.9. The molecule has 11 heteroatoms. The van der Waals surface area contributed by atoms with Crippen molar-refractivity contribution in [1.82, 2.24) is 9.62 Å². The Balaban J connectivity index is 1.82. The number of ether oxygens (including phenoxy) is 2. The Kier molecular flexibility index (Phi) is 10.8. The van der Waals surface area contributed by atoms with Gasteiger partial charge in [0.2, 0.25) is 10.0 Å². The number of carbonyl (C=O) groups is 1. The molecule has 4 atom stereocenters. The first-order valence-electron chi connectivity index (χ1n) is 14.7. The number of aliphatic hydroxyl groups is 1. The van der Waals surface area contributed by atoms with Crippen molar-refractivity contribution in [3.05, 3.63) is 90.5 Å². The number of benzene rings is 3. The summed E-state index contributed by atoms with van der Waals surface area (Å²) in [4.78, 5) is 12.0. The second-order valence-electron chi connectivity index (χ2n) is 12.2. The van der Waals surface area contributed by atoms with Gasteiger partial charge in [-0.15, -0.1) is 0 Å². The predicted molar refractivity (Wildman–Crippen MR) is 173 cm³/mol. The maximum absolute atomic E-state index is 14.4. The van der Waals surface area contributed by atoms with Gasteiger partial charge in [-0.1, -0.05) is 99.1 Å². The quantitative estimate of drug-likeness (QED) is 0.243. The van der Waals surface area contributed by atoms with Gasteiger partial charge in [-0.3, -0.25) is 4.79 Å². The first kappa shape index (κ1) is 34.0. The summed E-state index contributed by atoms with van der Waals surface area (Å²) in [6.07, 6.45) is -2.04. The highest BCUT2D eigenvalue weighted by Crippen LogP contribution is 2.38. The lowest BCUT2D eigenvalue weighted by molar-refractivity contribution is -0.141. The van der Waals surface area contributed by atoms with E-state index in [2.05, 4.69) is 50.4 Å². The maximum atomic E-state index is 14.4. The number of hydrogen-bond acceptors (Lipinski definition) is 8. The summed E-state index contributed by atoms with van der Waals surface area (Å²) in [6, 6.07) is 25.0. The standard InChI is InChI=1S/C33H44N2O7SSi/c1-24-17-19-25(20-18-24)43(38,39)35-29(30(36)21-28(32(35)41-6)34-22-31(37)40-5)23-42-44(33(2,3)4,26-13-9-7-10-14-26)27-15-11-8-12-16-27/h7-20,28-30,32,34,36H,21-23H2,1-6H3/t28-,29-,30-,32+/m0/s1. The molecule has 0 aromatic heterocycles. The Hall–Kier alpha value is -2.90. The molecule has 1 aliphatic rings. The molecule has 0 bridgehead atoms. The topological polar surface area (TPSA) is 114 Å². The van der Waals surface area contributed by atoms with Crippen molar-refractivity contribution in [2.75, 3.05) is 27.4 Å². The summed E-state index contributed by atoms with van der Waals surface area (Å²) in [5, 5.41) is 16.4. The van der Waals surface area contributed by atoms with E-state index in [1.165, 1.54) is 18.5 Å². The molecule has 238 valence electrons. The molecule has 0 aliphatic carbocycles. The number of carbonyl (C=O) groups excluding carboxylic acids is 1. The number of esters is 1. The minimum Gasteiger partial charge on any atom is -0.468 e. The molecule has 0 unspecified atom stereocenters. The zero-order valence-corrected chi connectivity index (χ0v) is 28.1. The minimum absolute atomic E-state index is 0.0708.